The molecule has 2 aromatic carbocycles. The number of aryl methyl sites for hydroxylation is 1. The monoisotopic (exact) mass is 584 g/mol. The second-order valence-electron chi connectivity index (χ2n) is 10.7. The fraction of sp³-hybridized carbons (Fsp3) is 0.333. The highest BCUT2D eigenvalue weighted by molar-refractivity contribution is 6.36. The van der Waals surface area contributed by atoms with Crippen LogP contribution < -0.4 is 10.6 Å². The Kier molecular flexibility index (Phi) is 8.26. The molecule has 1 aliphatic rings. The zero-order valence-corrected chi connectivity index (χ0v) is 23.8. The Balaban J connectivity index is 1.29. The van der Waals surface area contributed by atoms with Crippen molar-refractivity contribution in [3.8, 4) is 0 Å². The number of aromatic amines is 1. The van der Waals surface area contributed by atoms with Crippen LogP contribution in [0.2, 0.25) is 5.02 Å². The Hall–Kier alpha value is -3.60. The van der Waals surface area contributed by atoms with Crippen LogP contribution in [-0.2, 0) is 19.3 Å². The largest absolute Gasteiger partial charge is 0.416 e. The number of nitrogens with one attached hydrogen (secondary N) is 3. The van der Waals surface area contributed by atoms with Gasteiger partial charge in [0.15, 0.2) is 0 Å². The van der Waals surface area contributed by atoms with Gasteiger partial charge in [-0.1, -0.05) is 23.7 Å². The van der Waals surface area contributed by atoms with Crippen molar-refractivity contribution >= 4 is 39.9 Å². The summed E-state index contributed by atoms with van der Waals surface area (Å²) in [4.78, 5) is 24.6. The number of benzene rings is 2. The van der Waals surface area contributed by atoms with E-state index in [9.17, 15) is 18.0 Å². The van der Waals surface area contributed by atoms with Crippen molar-refractivity contribution in [2.45, 2.75) is 38.7 Å². The number of H-pyrrole nitrogens is 1. The molecule has 4 aromatic rings. The Labute approximate surface area is 241 Å². The third-order valence-corrected chi connectivity index (χ3v) is 8.05. The van der Waals surface area contributed by atoms with E-state index in [4.69, 9.17) is 11.6 Å². The average Bonchev–Trinajstić information content (AvgIpc) is 3.60. The van der Waals surface area contributed by atoms with Crippen LogP contribution in [-0.4, -0.2) is 58.9 Å². The minimum Gasteiger partial charge on any atom is -0.381 e. The van der Waals surface area contributed by atoms with Crippen LogP contribution in [0.25, 0.3) is 11.0 Å². The highest BCUT2D eigenvalue weighted by Crippen LogP contribution is 2.34. The minimum atomic E-state index is -4.58. The Morgan fingerprint density at radius 3 is 2.71 bits per heavy atom. The molecule has 3 N–H and O–H groups in total. The predicted octanol–water partition coefficient (Wildman–Crippen LogP) is 6.54. The maximum atomic E-state index is 14.0. The van der Waals surface area contributed by atoms with Crippen LogP contribution in [0.5, 0.6) is 0 Å². The summed E-state index contributed by atoms with van der Waals surface area (Å²) < 4.78 is 42.1. The van der Waals surface area contributed by atoms with Gasteiger partial charge in [0.1, 0.15) is 5.65 Å². The summed E-state index contributed by atoms with van der Waals surface area (Å²) in [6.07, 6.45) is -0.196. The number of aromatic nitrogens is 2. The van der Waals surface area contributed by atoms with Crippen molar-refractivity contribution in [2.75, 3.05) is 37.8 Å². The second-order valence-corrected chi connectivity index (χ2v) is 11.1. The summed E-state index contributed by atoms with van der Waals surface area (Å²) in [6.45, 7) is 3.94. The van der Waals surface area contributed by atoms with Gasteiger partial charge in [-0.15, -0.1) is 0 Å². The van der Waals surface area contributed by atoms with E-state index >= 15 is 0 Å². The molecule has 7 nitrogen and oxygen atoms in total. The lowest BCUT2D eigenvalue weighted by Crippen LogP contribution is -2.31. The van der Waals surface area contributed by atoms with Gasteiger partial charge in [0.2, 0.25) is 0 Å². The van der Waals surface area contributed by atoms with E-state index in [0.29, 0.717) is 35.5 Å². The van der Waals surface area contributed by atoms with Gasteiger partial charge in [-0.25, -0.2) is 4.98 Å². The molecule has 0 aliphatic carbocycles. The lowest BCUT2D eigenvalue weighted by molar-refractivity contribution is -0.138. The van der Waals surface area contributed by atoms with E-state index in [1.165, 1.54) is 12.1 Å². The smallest absolute Gasteiger partial charge is 0.381 e. The van der Waals surface area contributed by atoms with Crippen molar-refractivity contribution in [1.29, 1.82) is 0 Å². The van der Waals surface area contributed by atoms with Gasteiger partial charge in [0.05, 0.1) is 10.6 Å². The number of carbonyl (C=O) groups is 1. The topological polar surface area (TPSA) is 76.3 Å². The molecule has 41 heavy (non-hydrogen) atoms. The molecule has 1 atom stereocenters. The summed E-state index contributed by atoms with van der Waals surface area (Å²) in [5.74, 6) is -0.615. The third kappa shape index (κ3) is 6.50. The Morgan fingerprint density at radius 2 is 1.98 bits per heavy atom. The zero-order chi connectivity index (χ0) is 29.3. The first-order valence-corrected chi connectivity index (χ1v) is 13.7. The van der Waals surface area contributed by atoms with Crippen molar-refractivity contribution < 1.29 is 18.0 Å². The highest BCUT2D eigenvalue weighted by atomic mass is 35.5. The average molecular weight is 585 g/mol. The predicted molar refractivity (Wildman–Crippen MR) is 156 cm³/mol. The van der Waals surface area contributed by atoms with Crippen molar-refractivity contribution in [3.63, 3.8) is 0 Å². The van der Waals surface area contributed by atoms with Crippen molar-refractivity contribution in [3.05, 3.63) is 87.7 Å². The van der Waals surface area contributed by atoms with E-state index in [1.807, 2.05) is 38.1 Å². The first-order valence-electron chi connectivity index (χ1n) is 13.3. The van der Waals surface area contributed by atoms with Crippen LogP contribution in [0, 0.1) is 6.92 Å². The molecule has 1 aliphatic heterocycles. The summed E-state index contributed by atoms with van der Waals surface area (Å²) in [6, 6.07) is 11.3. The molecule has 5 rings (SSSR count). The van der Waals surface area contributed by atoms with Gasteiger partial charge < -0.3 is 20.5 Å². The normalized spacial score (nSPS) is 16.0. The molecule has 1 fully saturated rings. The number of anilines is 2. The van der Waals surface area contributed by atoms with E-state index < -0.39 is 17.6 Å². The number of fused-ring (bicyclic) bond motifs is 1. The number of hydrogen-bond donors (Lipinski definition) is 3. The fourth-order valence-corrected chi connectivity index (χ4v) is 5.43. The standard InChI is InChI=1S/C30H32ClF3N6O/c1-18-4-7-22(13-26(18)36-14-21-15-37-28-24(27(21)31)8-10-35-28)38-29(41)19-5-6-20(25(12-19)30(32,33)34)16-40-11-9-23(17-40)39(2)3/h4-8,10,12-13,15,23,36H,9,11,14,16-17H2,1-3H3,(H,35,37)(H,38,41). The minimum absolute atomic E-state index is 0.0542. The van der Waals surface area contributed by atoms with E-state index in [1.54, 1.807) is 24.5 Å². The van der Waals surface area contributed by atoms with Crippen LogP contribution >= 0.6 is 11.6 Å². The first kappa shape index (κ1) is 28.9. The van der Waals surface area contributed by atoms with Crippen LogP contribution in [0.4, 0.5) is 24.5 Å². The number of amides is 1. The van der Waals surface area contributed by atoms with Crippen molar-refractivity contribution in [2.24, 2.45) is 0 Å². The van der Waals surface area contributed by atoms with Gasteiger partial charge in [0.25, 0.3) is 5.91 Å². The van der Waals surface area contributed by atoms with Gasteiger partial charge in [-0.2, -0.15) is 13.2 Å². The molecule has 216 valence electrons. The third-order valence-electron chi connectivity index (χ3n) is 7.61. The van der Waals surface area contributed by atoms with E-state index in [2.05, 4.69) is 25.5 Å². The van der Waals surface area contributed by atoms with Crippen LogP contribution in [0.15, 0.2) is 54.9 Å². The molecule has 2 aromatic heterocycles. The summed E-state index contributed by atoms with van der Waals surface area (Å²) >= 11 is 6.54. The number of carbonyl (C=O) groups excluding carboxylic acids is 1. The van der Waals surface area contributed by atoms with Crippen LogP contribution in [0.3, 0.4) is 0 Å². The second kappa shape index (κ2) is 11.7. The van der Waals surface area contributed by atoms with Gasteiger partial charge >= 0.3 is 6.18 Å². The number of likely N-dealkylation sites (tertiary alicyclic amines) is 1. The molecule has 0 bridgehead atoms. The molecular weight excluding hydrogens is 553 g/mol. The Morgan fingerprint density at radius 1 is 1.17 bits per heavy atom. The molecule has 0 saturated carbocycles. The molecule has 1 amide bonds. The van der Waals surface area contributed by atoms with E-state index in [-0.39, 0.29) is 17.7 Å². The fourth-order valence-electron chi connectivity index (χ4n) is 5.16. The lowest BCUT2D eigenvalue weighted by atomic mass is 10.0. The molecule has 0 radical (unpaired) electrons. The quantitative estimate of drug-likeness (QED) is 0.219. The zero-order valence-electron chi connectivity index (χ0n) is 23.1. The lowest BCUT2D eigenvalue weighted by Gasteiger charge is -2.22. The first-order chi connectivity index (χ1) is 19.5. The summed E-state index contributed by atoms with van der Waals surface area (Å²) in [5.41, 5.74) is 2.97. The molecule has 11 heteroatoms. The number of likely N-dealkylation sites (N-methyl/N-ethyl adjacent to an activating group) is 1. The number of alkyl halides is 3. The molecule has 3 heterocycles. The Bertz CT molecular complexity index is 1570. The summed E-state index contributed by atoms with van der Waals surface area (Å²) in [5, 5.41) is 7.48. The molecular formula is C30H32ClF3N6O. The maximum Gasteiger partial charge on any atom is 0.416 e. The number of rotatable bonds is 8. The number of hydrogen-bond acceptors (Lipinski definition) is 5. The maximum absolute atomic E-state index is 14.0. The number of nitrogens with zero attached hydrogens (tertiary/aromatic N) is 3. The number of halogens is 4. The molecule has 1 saturated heterocycles. The SMILES string of the molecule is Cc1ccc(NC(=O)c2ccc(CN3CCC(N(C)C)C3)c(C(F)(F)F)c2)cc1NCc1cnc2[nH]ccc2c1Cl. The number of pyridine rings is 1. The van der Waals surface area contributed by atoms with E-state index in [0.717, 1.165) is 41.2 Å². The van der Waals surface area contributed by atoms with Gasteiger partial charge in [0, 0.05) is 72.5 Å². The molecule has 1 unspecified atom stereocenters. The van der Waals surface area contributed by atoms with Gasteiger partial charge in [-0.05, 0) is 68.9 Å². The van der Waals surface area contributed by atoms with Crippen LogP contribution in [0.1, 0.15) is 39.0 Å². The van der Waals surface area contributed by atoms with Crippen molar-refractivity contribution in [1.82, 2.24) is 19.8 Å². The summed E-state index contributed by atoms with van der Waals surface area (Å²) in [7, 11) is 3.96. The van der Waals surface area contributed by atoms with Gasteiger partial charge in [-0.3, -0.25) is 9.69 Å². The highest BCUT2D eigenvalue weighted by Gasteiger charge is 2.35. The molecule has 0 spiro atoms.